The Bertz CT molecular complexity index is 381. The summed E-state index contributed by atoms with van der Waals surface area (Å²) in [4.78, 5) is 21.9. The van der Waals surface area contributed by atoms with Crippen LogP contribution in [0.2, 0.25) is 0 Å². The van der Waals surface area contributed by atoms with Crippen LogP contribution < -0.4 is 61.8 Å². The second-order valence-electron chi connectivity index (χ2n) is 4.00. The smallest absolute Gasteiger partial charge is 0.550 e. The maximum atomic E-state index is 11.7. The number of hydrogen-bond donors (Lipinski definition) is 1. The Kier molecular flexibility index (Phi) is 9.58. The molecule has 0 aliphatic rings. The molecule has 0 heterocycles. The van der Waals surface area contributed by atoms with Gasteiger partial charge in [-0.1, -0.05) is 18.2 Å². The average Bonchev–Trinajstić information content (AvgIpc) is 2.29. The summed E-state index contributed by atoms with van der Waals surface area (Å²) in [7, 11) is 0. The van der Waals surface area contributed by atoms with Gasteiger partial charge in [0.2, 0.25) is 0 Å². The van der Waals surface area contributed by atoms with Gasteiger partial charge < -0.3 is 15.2 Å². The van der Waals surface area contributed by atoms with Gasteiger partial charge >= 0.3 is 51.4 Å². The van der Waals surface area contributed by atoms with Gasteiger partial charge in [-0.15, -0.1) is 0 Å². The van der Waals surface area contributed by atoms with Crippen molar-refractivity contribution in [3.05, 3.63) is 35.9 Å². The third kappa shape index (κ3) is 7.28. The molecule has 1 atom stereocenters. The predicted molar refractivity (Wildman–Crippen MR) is 62.2 cm³/mol. The van der Waals surface area contributed by atoms with E-state index in [1.807, 2.05) is 13.0 Å². The summed E-state index contributed by atoms with van der Waals surface area (Å²) in [6.07, 6.45) is 1.18. The van der Waals surface area contributed by atoms with Crippen molar-refractivity contribution in [1.82, 2.24) is 5.32 Å². The molecule has 5 heteroatoms. The molecule has 92 valence electrons. The fraction of sp³-hybridized carbons (Fsp3) is 0.385. The van der Waals surface area contributed by atoms with Crippen molar-refractivity contribution in [3.63, 3.8) is 0 Å². The number of carboxylic acid groups (broad SMARTS) is 1. The summed E-state index contributed by atoms with van der Waals surface area (Å²) in [5.74, 6) is -1.18. The van der Waals surface area contributed by atoms with Crippen LogP contribution in [0.15, 0.2) is 30.3 Å². The minimum Gasteiger partial charge on any atom is -0.550 e. The predicted octanol–water partition coefficient (Wildman–Crippen LogP) is -2.27. The van der Waals surface area contributed by atoms with Gasteiger partial charge in [0.25, 0.3) is 5.91 Å². The summed E-state index contributed by atoms with van der Waals surface area (Å²) >= 11 is 0. The first kappa shape index (κ1) is 17.8. The number of rotatable bonds is 6. The molecule has 1 unspecified atom stereocenters. The molecular weight excluding hydrogens is 257 g/mol. The van der Waals surface area contributed by atoms with E-state index in [1.54, 1.807) is 24.3 Å². The zero-order chi connectivity index (χ0) is 12.7. The first-order chi connectivity index (χ1) is 8.09. The van der Waals surface area contributed by atoms with Gasteiger partial charge in [-0.05, 0) is 38.3 Å². The van der Waals surface area contributed by atoms with Gasteiger partial charge in [0.05, 0.1) is 0 Å². The van der Waals surface area contributed by atoms with E-state index in [9.17, 15) is 14.7 Å². The molecule has 1 aromatic rings. The van der Waals surface area contributed by atoms with Crippen LogP contribution in [0.1, 0.15) is 36.5 Å². The molecule has 0 spiro atoms. The van der Waals surface area contributed by atoms with Crippen molar-refractivity contribution in [2.45, 2.75) is 32.2 Å². The molecule has 0 saturated carbocycles. The van der Waals surface area contributed by atoms with Crippen molar-refractivity contribution in [2.24, 2.45) is 0 Å². The minimum absolute atomic E-state index is 0. The maximum Gasteiger partial charge on any atom is 1.00 e. The number of carbonyl (C=O) groups excluding carboxylic acids is 2. The van der Waals surface area contributed by atoms with E-state index >= 15 is 0 Å². The molecule has 0 bridgehead atoms. The SMILES string of the molecule is CC(CCCC(=O)[O-])NC(=O)c1ccccc1.[K+]. The Hall–Kier alpha value is -0.204. The van der Waals surface area contributed by atoms with E-state index in [-0.39, 0.29) is 69.8 Å². The van der Waals surface area contributed by atoms with Crippen molar-refractivity contribution in [2.75, 3.05) is 0 Å². The molecule has 0 saturated heterocycles. The van der Waals surface area contributed by atoms with Crippen LogP contribution in [0, 0.1) is 0 Å². The third-order valence-corrected chi connectivity index (χ3v) is 2.43. The largest absolute Gasteiger partial charge is 1.00 e. The van der Waals surface area contributed by atoms with Crippen LogP contribution in [0.3, 0.4) is 0 Å². The molecule has 0 aromatic heterocycles. The number of hydrogen-bond acceptors (Lipinski definition) is 3. The molecule has 0 fully saturated rings. The van der Waals surface area contributed by atoms with Crippen molar-refractivity contribution < 1.29 is 66.1 Å². The number of carboxylic acids is 1. The first-order valence-electron chi connectivity index (χ1n) is 5.65. The van der Waals surface area contributed by atoms with Crippen molar-refractivity contribution in [1.29, 1.82) is 0 Å². The molecule has 1 aromatic carbocycles. The Morgan fingerprint density at radius 1 is 1.28 bits per heavy atom. The number of benzene rings is 1. The van der Waals surface area contributed by atoms with E-state index in [4.69, 9.17) is 0 Å². The molecule has 4 nitrogen and oxygen atoms in total. The van der Waals surface area contributed by atoms with Gasteiger partial charge in [0.1, 0.15) is 0 Å². The number of aliphatic carboxylic acids is 1. The van der Waals surface area contributed by atoms with Crippen LogP contribution in [0.5, 0.6) is 0 Å². The molecule has 1 N–H and O–H groups in total. The number of carbonyl (C=O) groups is 2. The summed E-state index contributed by atoms with van der Waals surface area (Å²) < 4.78 is 0. The number of nitrogens with one attached hydrogen (secondary N) is 1. The molecule has 18 heavy (non-hydrogen) atoms. The van der Waals surface area contributed by atoms with Gasteiger partial charge in [0.15, 0.2) is 0 Å². The fourth-order valence-corrected chi connectivity index (χ4v) is 1.52. The van der Waals surface area contributed by atoms with Crippen LogP contribution in [0.4, 0.5) is 0 Å². The normalized spacial score (nSPS) is 11.2. The van der Waals surface area contributed by atoms with E-state index in [0.717, 1.165) is 0 Å². The van der Waals surface area contributed by atoms with E-state index < -0.39 is 5.97 Å². The third-order valence-electron chi connectivity index (χ3n) is 2.43. The molecular formula is C13H16KNO3. The minimum atomic E-state index is -1.05. The van der Waals surface area contributed by atoms with E-state index in [0.29, 0.717) is 18.4 Å². The van der Waals surface area contributed by atoms with E-state index in [1.165, 1.54) is 0 Å². The second-order valence-corrected chi connectivity index (χ2v) is 4.00. The van der Waals surface area contributed by atoms with Gasteiger partial charge in [0, 0.05) is 17.6 Å². The molecule has 0 aliphatic carbocycles. The zero-order valence-electron chi connectivity index (χ0n) is 10.8. The Morgan fingerprint density at radius 2 is 1.89 bits per heavy atom. The Labute approximate surface area is 150 Å². The van der Waals surface area contributed by atoms with Gasteiger partial charge in [-0.2, -0.15) is 0 Å². The molecule has 0 radical (unpaired) electrons. The average molecular weight is 273 g/mol. The van der Waals surface area contributed by atoms with E-state index in [2.05, 4.69) is 5.32 Å². The summed E-state index contributed by atoms with van der Waals surface area (Å²) in [5, 5.41) is 13.0. The second kappa shape index (κ2) is 9.69. The quantitative estimate of drug-likeness (QED) is 0.594. The van der Waals surface area contributed by atoms with Gasteiger partial charge in [-0.3, -0.25) is 4.79 Å². The molecule has 1 rings (SSSR count). The van der Waals surface area contributed by atoms with Crippen LogP contribution in [-0.4, -0.2) is 17.9 Å². The molecule has 1 amide bonds. The molecule has 0 aliphatic heterocycles. The van der Waals surface area contributed by atoms with Crippen LogP contribution in [-0.2, 0) is 4.79 Å². The summed E-state index contributed by atoms with van der Waals surface area (Å²) in [6.45, 7) is 1.86. The summed E-state index contributed by atoms with van der Waals surface area (Å²) in [5.41, 5.74) is 0.610. The van der Waals surface area contributed by atoms with Crippen LogP contribution >= 0.6 is 0 Å². The van der Waals surface area contributed by atoms with Crippen LogP contribution in [0.25, 0.3) is 0 Å². The van der Waals surface area contributed by atoms with Crippen molar-refractivity contribution in [3.8, 4) is 0 Å². The van der Waals surface area contributed by atoms with Gasteiger partial charge in [-0.25, -0.2) is 0 Å². The fourth-order valence-electron chi connectivity index (χ4n) is 1.52. The topological polar surface area (TPSA) is 69.2 Å². The first-order valence-corrected chi connectivity index (χ1v) is 5.65. The summed E-state index contributed by atoms with van der Waals surface area (Å²) in [6, 6.07) is 8.89. The Balaban J connectivity index is 0.00000289. The maximum absolute atomic E-state index is 11.7. The standard InChI is InChI=1S/C13H17NO3.K/c1-10(6-5-9-12(15)16)14-13(17)11-7-3-2-4-8-11;/h2-4,7-8,10H,5-6,9H2,1H3,(H,14,17)(H,15,16);/q;+1/p-1. The van der Waals surface area contributed by atoms with Crippen molar-refractivity contribution >= 4 is 11.9 Å². The zero-order valence-corrected chi connectivity index (χ0v) is 13.9. The Morgan fingerprint density at radius 3 is 2.44 bits per heavy atom. The number of amides is 1. The monoisotopic (exact) mass is 273 g/mol.